The van der Waals surface area contributed by atoms with Crippen LogP contribution < -0.4 is 5.73 Å². The molecule has 3 rings (SSSR count). The van der Waals surface area contributed by atoms with Crippen molar-refractivity contribution in [3.05, 3.63) is 34.9 Å². The first-order valence-electron chi connectivity index (χ1n) is 7.44. The number of esters is 1. The maximum atomic E-state index is 12.2. The van der Waals surface area contributed by atoms with Gasteiger partial charge in [-0.3, -0.25) is 0 Å². The Morgan fingerprint density at radius 2 is 2.22 bits per heavy atom. The van der Waals surface area contributed by atoms with Crippen LogP contribution in [0.15, 0.2) is 28.7 Å². The minimum absolute atomic E-state index is 0.122. The molecule has 2 aromatic heterocycles. The average molecular weight is 334 g/mol. The van der Waals surface area contributed by atoms with Gasteiger partial charge in [0, 0.05) is 6.54 Å². The number of likely N-dealkylation sites (tertiary alicyclic amines) is 1. The van der Waals surface area contributed by atoms with Crippen LogP contribution in [0.3, 0.4) is 0 Å². The third-order valence-electron chi connectivity index (χ3n) is 3.86. The summed E-state index contributed by atoms with van der Waals surface area (Å²) in [4.78, 5) is 26.4. The number of carbonyl (C=O) groups excluding carboxylic acids is 2. The van der Waals surface area contributed by atoms with Gasteiger partial charge in [-0.25, -0.2) is 9.59 Å². The van der Waals surface area contributed by atoms with Gasteiger partial charge in [-0.05, 0) is 44.0 Å². The van der Waals surface area contributed by atoms with Gasteiger partial charge in [0.05, 0.1) is 10.9 Å². The monoisotopic (exact) mass is 334 g/mol. The highest BCUT2D eigenvalue weighted by Crippen LogP contribution is 2.30. The first kappa shape index (κ1) is 15.6. The zero-order valence-electron chi connectivity index (χ0n) is 12.8. The van der Waals surface area contributed by atoms with Crippen molar-refractivity contribution in [3.63, 3.8) is 0 Å². The number of amides is 2. The highest BCUT2D eigenvalue weighted by atomic mass is 32.1. The molecule has 0 unspecified atom stereocenters. The second kappa shape index (κ2) is 6.45. The summed E-state index contributed by atoms with van der Waals surface area (Å²) in [5.74, 6) is 1.17. The van der Waals surface area contributed by atoms with Crippen molar-refractivity contribution in [3.8, 4) is 10.6 Å². The quantitative estimate of drug-likeness (QED) is 0.871. The molecule has 0 aliphatic carbocycles. The van der Waals surface area contributed by atoms with Crippen LogP contribution in [0, 0.1) is 6.92 Å². The highest BCUT2D eigenvalue weighted by Gasteiger charge is 2.28. The number of nitrogens with two attached hydrogens (primary N) is 1. The normalized spacial score (nSPS) is 17.4. The molecule has 0 spiro atoms. The number of hydrogen-bond donors (Lipinski definition) is 1. The van der Waals surface area contributed by atoms with Crippen molar-refractivity contribution >= 4 is 23.3 Å². The van der Waals surface area contributed by atoms with Crippen molar-refractivity contribution in [2.24, 2.45) is 5.73 Å². The number of ether oxygens (including phenoxy) is 1. The van der Waals surface area contributed by atoms with Gasteiger partial charge in [-0.1, -0.05) is 0 Å². The molecule has 1 fully saturated rings. The van der Waals surface area contributed by atoms with Gasteiger partial charge in [0.25, 0.3) is 0 Å². The van der Waals surface area contributed by atoms with E-state index in [-0.39, 0.29) is 18.6 Å². The van der Waals surface area contributed by atoms with Gasteiger partial charge < -0.3 is 19.8 Å². The lowest BCUT2D eigenvalue weighted by Gasteiger charge is -2.21. The number of primary amides is 1. The maximum absolute atomic E-state index is 12.2. The molecule has 23 heavy (non-hydrogen) atoms. The summed E-state index contributed by atoms with van der Waals surface area (Å²) in [6.07, 6.45) is 1.68. The van der Waals surface area contributed by atoms with E-state index in [9.17, 15) is 9.59 Å². The fraction of sp³-hybridized carbons (Fsp3) is 0.375. The minimum Gasteiger partial charge on any atom is -0.461 e. The number of carbonyl (C=O) groups is 2. The van der Waals surface area contributed by atoms with Gasteiger partial charge in [0.2, 0.25) is 0 Å². The Morgan fingerprint density at radius 1 is 1.39 bits per heavy atom. The van der Waals surface area contributed by atoms with Crippen molar-refractivity contribution < 1.29 is 18.7 Å². The number of thiophene rings is 1. The Kier molecular flexibility index (Phi) is 4.38. The fourth-order valence-corrected chi connectivity index (χ4v) is 3.55. The van der Waals surface area contributed by atoms with Crippen molar-refractivity contribution in [1.29, 1.82) is 0 Å². The molecule has 1 saturated heterocycles. The van der Waals surface area contributed by atoms with Crippen LogP contribution in [0.5, 0.6) is 0 Å². The Balaban J connectivity index is 1.61. The van der Waals surface area contributed by atoms with E-state index in [4.69, 9.17) is 14.9 Å². The van der Waals surface area contributed by atoms with E-state index in [1.165, 1.54) is 11.3 Å². The Hall–Kier alpha value is -2.28. The largest absolute Gasteiger partial charge is 0.461 e. The smallest absolute Gasteiger partial charge is 0.348 e. The van der Waals surface area contributed by atoms with Gasteiger partial charge in [-0.15, -0.1) is 11.3 Å². The van der Waals surface area contributed by atoms with E-state index in [1.807, 2.05) is 25.1 Å². The summed E-state index contributed by atoms with van der Waals surface area (Å²) in [5.41, 5.74) is 5.31. The lowest BCUT2D eigenvalue weighted by Crippen LogP contribution is -2.41. The summed E-state index contributed by atoms with van der Waals surface area (Å²) >= 11 is 1.32. The molecule has 0 radical (unpaired) electrons. The Labute approximate surface area is 137 Å². The van der Waals surface area contributed by atoms with Crippen LogP contribution >= 0.6 is 11.3 Å². The van der Waals surface area contributed by atoms with Crippen LogP contribution in [0.1, 0.15) is 28.3 Å². The maximum Gasteiger partial charge on any atom is 0.348 e. The van der Waals surface area contributed by atoms with Crippen LogP contribution in [0.2, 0.25) is 0 Å². The number of rotatable bonds is 4. The van der Waals surface area contributed by atoms with Gasteiger partial charge in [0.1, 0.15) is 23.0 Å². The van der Waals surface area contributed by atoms with E-state index in [1.54, 1.807) is 11.0 Å². The first-order chi connectivity index (χ1) is 11.0. The van der Waals surface area contributed by atoms with E-state index in [0.29, 0.717) is 11.4 Å². The average Bonchev–Trinajstić information content (AvgIpc) is 3.24. The second-order valence-corrected chi connectivity index (χ2v) is 6.58. The van der Waals surface area contributed by atoms with E-state index >= 15 is 0 Å². The van der Waals surface area contributed by atoms with Gasteiger partial charge in [0.15, 0.2) is 0 Å². The van der Waals surface area contributed by atoms with Gasteiger partial charge in [-0.2, -0.15) is 0 Å². The molecule has 122 valence electrons. The molecular weight excluding hydrogens is 316 g/mol. The number of aryl methyl sites for hydroxylation is 1. The molecule has 1 atom stereocenters. The first-order valence-corrected chi connectivity index (χ1v) is 8.26. The van der Waals surface area contributed by atoms with Gasteiger partial charge >= 0.3 is 12.0 Å². The van der Waals surface area contributed by atoms with E-state index < -0.39 is 6.03 Å². The molecule has 2 amide bonds. The predicted octanol–water partition coefficient (Wildman–Crippen LogP) is 3.02. The van der Waals surface area contributed by atoms with Crippen molar-refractivity contribution in [1.82, 2.24) is 4.90 Å². The number of urea groups is 1. The molecule has 1 aliphatic rings. The molecule has 2 aromatic rings. The topological polar surface area (TPSA) is 85.8 Å². The second-order valence-electron chi connectivity index (χ2n) is 5.50. The summed E-state index contributed by atoms with van der Waals surface area (Å²) in [5, 5.41) is 0. The Morgan fingerprint density at radius 3 is 2.91 bits per heavy atom. The van der Waals surface area contributed by atoms with E-state index in [0.717, 1.165) is 29.2 Å². The number of nitrogens with zero attached hydrogens (tertiary/aromatic N) is 1. The molecule has 6 nitrogen and oxygen atoms in total. The van der Waals surface area contributed by atoms with Crippen molar-refractivity contribution in [2.75, 3.05) is 13.2 Å². The lowest BCUT2D eigenvalue weighted by atomic mass is 10.2. The third kappa shape index (κ3) is 3.39. The molecular formula is C16H18N2O4S. The zero-order chi connectivity index (χ0) is 16.4. The molecule has 7 heteroatoms. The molecule has 0 saturated carbocycles. The van der Waals surface area contributed by atoms with Crippen LogP contribution in [0.4, 0.5) is 4.79 Å². The summed E-state index contributed by atoms with van der Waals surface area (Å²) in [7, 11) is 0. The minimum atomic E-state index is -0.463. The zero-order valence-corrected chi connectivity index (χ0v) is 13.6. The highest BCUT2D eigenvalue weighted by molar-refractivity contribution is 7.17. The molecule has 0 bridgehead atoms. The van der Waals surface area contributed by atoms with Crippen LogP contribution in [0.25, 0.3) is 10.6 Å². The van der Waals surface area contributed by atoms with Crippen molar-refractivity contribution in [2.45, 2.75) is 25.8 Å². The summed E-state index contributed by atoms with van der Waals surface area (Å²) in [6, 6.07) is 6.73. The summed E-state index contributed by atoms with van der Waals surface area (Å²) < 4.78 is 10.9. The van der Waals surface area contributed by atoms with Crippen LogP contribution in [-0.2, 0) is 4.74 Å². The number of hydrogen-bond acceptors (Lipinski definition) is 5. The standard InChI is InChI=1S/C16H18N2O4S/c1-10-4-5-12(22-10)13-6-7-14(23-13)15(19)21-9-11-3-2-8-18(11)16(17)20/h4-7,11H,2-3,8-9H2,1H3,(H2,17,20)/t11-/m0/s1. The fourth-order valence-electron chi connectivity index (χ4n) is 2.69. The Bertz CT molecular complexity index is 721. The number of furan rings is 1. The molecule has 0 aromatic carbocycles. The molecule has 3 heterocycles. The summed E-state index contributed by atoms with van der Waals surface area (Å²) in [6.45, 7) is 2.67. The molecule has 2 N–H and O–H groups in total. The molecule has 1 aliphatic heterocycles. The van der Waals surface area contributed by atoms with Crippen LogP contribution in [-0.4, -0.2) is 36.1 Å². The SMILES string of the molecule is Cc1ccc(-c2ccc(C(=O)OC[C@@H]3CCCN3C(N)=O)s2)o1. The third-order valence-corrected chi connectivity index (χ3v) is 4.94. The van der Waals surface area contributed by atoms with E-state index in [2.05, 4.69) is 0 Å². The lowest BCUT2D eigenvalue weighted by molar-refractivity contribution is 0.0428. The predicted molar refractivity (Wildman–Crippen MR) is 86.4 cm³/mol.